The highest BCUT2D eigenvalue weighted by atomic mass is 127. The smallest absolute Gasteiger partial charge is 0.347 e. The molecule has 1 heterocycles. The number of benzene rings is 3. The molecule has 4 rings (SSSR count). The molecule has 0 saturated carbocycles. The van der Waals surface area contributed by atoms with E-state index in [0.29, 0.717) is 28.9 Å². The maximum atomic E-state index is 13.0. The van der Waals surface area contributed by atoms with E-state index in [9.17, 15) is 9.90 Å². The van der Waals surface area contributed by atoms with Gasteiger partial charge < -0.3 is 14.6 Å². The molecule has 4 nitrogen and oxygen atoms in total. The average molecular weight is 474 g/mol. The summed E-state index contributed by atoms with van der Waals surface area (Å²) in [6, 6.07) is 14.6. The minimum absolute atomic E-state index is 0.0526. The summed E-state index contributed by atoms with van der Waals surface area (Å²) < 4.78 is 12.8. The second-order valence-corrected chi connectivity index (χ2v) is 8.53. The maximum Gasteiger partial charge on any atom is 0.347 e. The molecule has 1 aliphatic heterocycles. The Bertz CT molecular complexity index is 1040. The number of esters is 1. The Kier molecular flexibility index (Phi) is 4.50. The van der Waals surface area contributed by atoms with Gasteiger partial charge >= 0.3 is 5.97 Å². The molecule has 0 amide bonds. The van der Waals surface area contributed by atoms with Gasteiger partial charge in [0.2, 0.25) is 0 Å². The number of phenolic OH excluding ortho intramolecular Hbond substituents is 1. The first-order chi connectivity index (χ1) is 12.9. The van der Waals surface area contributed by atoms with Gasteiger partial charge in [-0.05, 0) is 73.5 Å². The lowest BCUT2D eigenvalue weighted by molar-refractivity contribution is 0.0708. The van der Waals surface area contributed by atoms with E-state index >= 15 is 0 Å². The van der Waals surface area contributed by atoms with Crippen LogP contribution in [0.2, 0.25) is 0 Å². The number of aromatic hydroxyl groups is 1. The Morgan fingerprint density at radius 1 is 1.11 bits per heavy atom. The van der Waals surface area contributed by atoms with Crippen molar-refractivity contribution in [3.63, 3.8) is 0 Å². The van der Waals surface area contributed by atoms with Crippen LogP contribution in [-0.2, 0) is 6.42 Å². The fourth-order valence-electron chi connectivity index (χ4n) is 3.43. The van der Waals surface area contributed by atoms with Crippen molar-refractivity contribution in [3.8, 4) is 17.2 Å². The molecule has 3 aromatic carbocycles. The lowest BCUT2D eigenvalue weighted by Gasteiger charge is -2.34. The quantitative estimate of drug-likeness (QED) is 0.304. The third-order valence-corrected chi connectivity index (χ3v) is 5.54. The minimum atomic E-state index is -0.570. The second-order valence-electron chi connectivity index (χ2n) is 7.28. The first-order valence-electron chi connectivity index (χ1n) is 8.79. The van der Waals surface area contributed by atoms with E-state index in [4.69, 9.17) is 9.47 Å². The highest BCUT2D eigenvalue weighted by Crippen LogP contribution is 2.45. The van der Waals surface area contributed by atoms with Gasteiger partial charge in [-0.15, -0.1) is 0 Å². The Hall–Kier alpha value is -2.28. The van der Waals surface area contributed by atoms with Gasteiger partial charge in [0.1, 0.15) is 28.4 Å². The fraction of sp³-hybridized carbons (Fsp3) is 0.227. The first kappa shape index (κ1) is 18.1. The normalized spacial score (nSPS) is 15.1. The van der Waals surface area contributed by atoms with Crippen LogP contribution < -0.4 is 9.47 Å². The number of rotatable bonds is 2. The van der Waals surface area contributed by atoms with Crippen molar-refractivity contribution in [3.05, 3.63) is 63.2 Å². The van der Waals surface area contributed by atoms with E-state index in [1.807, 2.05) is 44.2 Å². The van der Waals surface area contributed by atoms with Crippen molar-refractivity contribution in [1.29, 1.82) is 0 Å². The summed E-state index contributed by atoms with van der Waals surface area (Å²) in [5.41, 5.74) is 0.572. The predicted molar refractivity (Wildman–Crippen MR) is 113 cm³/mol. The third-order valence-electron chi connectivity index (χ3n) is 4.82. The number of halogens is 1. The van der Waals surface area contributed by atoms with Gasteiger partial charge in [0.15, 0.2) is 0 Å². The molecule has 138 valence electrons. The van der Waals surface area contributed by atoms with Crippen molar-refractivity contribution in [1.82, 2.24) is 0 Å². The molecule has 0 fully saturated rings. The molecule has 0 radical (unpaired) electrons. The summed E-state index contributed by atoms with van der Waals surface area (Å²) in [6.07, 6.45) is 1.39. The number of ether oxygens (including phenoxy) is 2. The van der Waals surface area contributed by atoms with Crippen LogP contribution in [0.15, 0.2) is 48.5 Å². The Labute approximate surface area is 171 Å². The number of hydrogen-bond acceptors (Lipinski definition) is 4. The Balaban J connectivity index is 1.86. The molecule has 0 aliphatic carbocycles. The number of phenols is 1. The van der Waals surface area contributed by atoms with Crippen molar-refractivity contribution < 1.29 is 19.4 Å². The molecular formula is C22H19IO4. The molecule has 0 aromatic heterocycles. The van der Waals surface area contributed by atoms with E-state index in [0.717, 1.165) is 15.4 Å². The minimum Gasteiger partial charge on any atom is -0.506 e. The summed E-state index contributed by atoms with van der Waals surface area (Å²) in [4.78, 5) is 13.0. The van der Waals surface area contributed by atoms with E-state index in [2.05, 4.69) is 22.6 Å². The first-order valence-corrected chi connectivity index (χ1v) is 9.87. The molecule has 5 heteroatoms. The maximum absolute atomic E-state index is 13.0. The molecule has 0 saturated heterocycles. The van der Waals surface area contributed by atoms with Crippen molar-refractivity contribution in [2.24, 2.45) is 0 Å². The van der Waals surface area contributed by atoms with E-state index in [-0.39, 0.29) is 16.9 Å². The summed E-state index contributed by atoms with van der Waals surface area (Å²) in [5, 5.41) is 12.3. The molecule has 0 unspecified atom stereocenters. The fourth-order valence-corrected chi connectivity index (χ4v) is 3.79. The van der Waals surface area contributed by atoms with Crippen LogP contribution in [0.3, 0.4) is 0 Å². The standard InChI is InChI=1S/C22H19IO4/c1-22(2)12-11-17-18(21(25)26-14-9-7-13(23)8-10-14)19(24)15-5-3-4-6-16(15)20(17)27-22/h3-10,24H,11-12H2,1-2H3. The number of carbonyl (C=O) groups excluding carboxylic acids is 1. The molecule has 1 N–H and O–H groups in total. The Morgan fingerprint density at radius 3 is 2.48 bits per heavy atom. The van der Waals surface area contributed by atoms with Gasteiger partial charge in [0.25, 0.3) is 0 Å². The second kappa shape index (κ2) is 6.71. The van der Waals surface area contributed by atoms with Gasteiger partial charge in [-0.25, -0.2) is 4.79 Å². The lowest BCUT2D eigenvalue weighted by atomic mass is 9.88. The van der Waals surface area contributed by atoms with Gasteiger partial charge in [0.05, 0.1) is 0 Å². The zero-order chi connectivity index (χ0) is 19.2. The SMILES string of the molecule is CC1(C)CCc2c(C(=O)Oc3ccc(I)cc3)c(O)c3ccccc3c2O1. The molecule has 0 atom stereocenters. The average Bonchev–Trinajstić information content (AvgIpc) is 2.64. The highest BCUT2D eigenvalue weighted by molar-refractivity contribution is 14.1. The van der Waals surface area contributed by atoms with E-state index in [1.54, 1.807) is 18.2 Å². The summed E-state index contributed by atoms with van der Waals surface area (Å²) in [6.45, 7) is 4.06. The zero-order valence-corrected chi connectivity index (χ0v) is 17.2. The van der Waals surface area contributed by atoms with Gasteiger partial charge in [-0.2, -0.15) is 0 Å². The van der Waals surface area contributed by atoms with Gasteiger partial charge in [-0.1, -0.05) is 24.3 Å². The highest BCUT2D eigenvalue weighted by Gasteiger charge is 2.34. The summed E-state index contributed by atoms with van der Waals surface area (Å²) in [5.74, 6) is 0.482. The largest absolute Gasteiger partial charge is 0.506 e. The van der Waals surface area contributed by atoms with E-state index < -0.39 is 5.97 Å². The van der Waals surface area contributed by atoms with Crippen molar-refractivity contribution in [2.75, 3.05) is 0 Å². The van der Waals surface area contributed by atoms with Crippen LogP contribution >= 0.6 is 22.6 Å². The molecule has 0 bridgehead atoms. The number of fused-ring (bicyclic) bond motifs is 3. The molecule has 0 spiro atoms. The number of hydrogen-bond donors (Lipinski definition) is 1. The monoisotopic (exact) mass is 474 g/mol. The summed E-state index contributed by atoms with van der Waals surface area (Å²) >= 11 is 2.19. The van der Waals surface area contributed by atoms with Crippen molar-refractivity contribution >= 4 is 39.3 Å². The van der Waals surface area contributed by atoms with Crippen LogP contribution in [0, 0.1) is 3.57 Å². The predicted octanol–water partition coefficient (Wildman–Crippen LogP) is 5.47. The van der Waals surface area contributed by atoms with Crippen molar-refractivity contribution in [2.45, 2.75) is 32.3 Å². The Morgan fingerprint density at radius 2 is 1.78 bits per heavy atom. The lowest BCUT2D eigenvalue weighted by Crippen LogP contribution is -2.33. The number of carbonyl (C=O) groups is 1. The van der Waals surface area contributed by atoms with Crippen LogP contribution in [0.25, 0.3) is 10.8 Å². The van der Waals surface area contributed by atoms with Crippen LogP contribution in [0.5, 0.6) is 17.2 Å². The molecule has 3 aromatic rings. The zero-order valence-electron chi connectivity index (χ0n) is 15.1. The summed E-state index contributed by atoms with van der Waals surface area (Å²) in [7, 11) is 0. The molecule has 27 heavy (non-hydrogen) atoms. The van der Waals surface area contributed by atoms with Crippen LogP contribution in [-0.4, -0.2) is 16.7 Å². The third kappa shape index (κ3) is 3.36. The van der Waals surface area contributed by atoms with Gasteiger partial charge in [0, 0.05) is 19.9 Å². The topological polar surface area (TPSA) is 55.8 Å². The van der Waals surface area contributed by atoms with Crippen LogP contribution in [0.4, 0.5) is 0 Å². The van der Waals surface area contributed by atoms with Gasteiger partial charge in [-0.3, -0.25) is 0 Å². The van der Waals surface area contributed by atoms with Crippen LogP contribution in [0.1, 0.15) is 36.2 Å². The van der Waals surface area contributed by atoms with E-state index in [1.165, 1.54) is 0 Å². The molecular weight excluding hydrogens is 455 g/mol. The molecule has 1 aliphatic rings.